The van der Waals surface area contributed by atoms with Gasteiger partial charge in [0.1, 0.15) is 0 Å². The van der Waals surface area contributed by atoms with Crippen molar-refractivity contribution in [3.63, 3.8) is 0 Å². The summed E-state index contributed by atoms with van der Waals surface area (Å²) < 4.78 is 18.7. The summed E-state index contributed by atoms with van der Waals surface area (Å²) in [4.78, 5) is 3.83. The Bertz CT molecular complexity index is 571. The quantitative estimate of drug-likeness (QED) is 0.723. The number of benzene rings is 1. The minimum Gasteiger partial charge on any atom is -0.489 e. The van der Waals surface area contributed by atoms with Gasteiger partial charge in [-0.1, -0.05) is 24.3 Å². The van der Waals surface area contributed by atoms with E-state index in [0.29, 0.717) is 24.7 Å². The van der Waals surface area contributed by atoms with Crippen molar-refractivity contribution in [3.8, 4) is 5.75 Å². The molecule has 0 bridgehead atoms. The SMILES string of the molecule is Fc1ccc2c(n1)NCc1ccccc1CCO2. The number of halogens is 1. The molecule has 2 heterocycles. The molecule has 0 unspecified atom stereocenters. The maximum absolute atomic E-state index is 13.1. The van der Waals surface area contributed by atoms with Gasteiger partial charge in [0.05, 0.1) is 6.61 Å². The average molecular weight is 244 g/mol. The minimum atomic E-state index is -0.502. The Morgan fingerprint density at radius 3 is 2.83 bits per heavy atom. The molecule has 0 amide bonds. The summed E-state index contributed by atoms with van der Waals surface area (Å²) in [5, 5.41) is 3.13. The first-order chi connectivity index (χ1) is 8.83. The Kier molecular flexibility index (Phi) is 2.84. The molecule has 0 radical (unpaired) electrons. The van der Waals surface area contributed by atoms with Crippen LogP contribution in [0.2, 0.25) is 0 Å². The molecule has 0 spiro atoms. The molecule has 3 rings (SSSR count). The molecule has 0 saturated heterocycles. The van der Waals surface area contributed by atoms with Crippen LogP contribution in [-0.2, 0) is 13.0 Å². The number of nitrogens with one attached hydrogen (secondary N) is 1. The fraction of sp³-hybridized carbons (Fsp3) is 0.214. The van der Waals surface area contributed by atoms with Crippen LogP contribution in [0.1, 0.15) is 11.1 Å². The molecule has 1 aromatic carbocycles. The zero-order chi connectivity index (χ0) is 12.4. The number of ether oxygens (including phenoxy) is 1. The highest BCUT2D eigenvalue weighted by Gasteiger charge is 2.11. The van der Waals surface area contributed by atoms with Gasteiger partial charge < -0.3 is 10.1 Å². The summed E-state index contributed by atoms with van der Waals surface area (Å²) in [5.41, 5.74) is 2.44. The van der Waals surface area contributed by atoms with Gasteiger partial charge >= 0.3 is 0 Å². The second-order valence-electron chi connectivity index (χ2n) is 4.20. The van der Waals surface area contributed by atoms with Gasteiger partial charge in [-0.3, -0.25) is 0 Å². The number of hydrogen-bond donors (Lipinski definition) is 1. The molecule has 0 fully saturated rings. The Balaban J connectivity index is 1.95. The van der Waals surface area contributed by atoms with E-state index in [1.54, 1.807) is 6.07 Å². The van der Waals surface area contributed by atoms with Gasteiger partial charge in [0, 0.05) is 13.0 Å². The Labute approximate surface area is 105 Å². The lowest BCUT2D eigenvalue weighted by molar-refractivity contribution is 0.322. The second-order valence-corrected chi connectivity index (χ2v) is 4.20. The maximum Gasteiger partial charge on any atom is 0.215 e. The van der Waals surface area contributed by atoms with Gasteiger partial charge in [0.25, 0.3) is 0 Å². The van der Waals surface area contributed by atoms with Crippen molar-refractivity contribution >= 4 is 5.82 Å². The van der Waals surface area contributed by atoms with E-state index in [0.717, 1.165) is 6.42 Å². The predicted molar refractivity (Wildman–Crippen MR) is 67.2 cm³/mol. The lowest BCUT2D eigenvalue weighted by atomic mass is 10.1. The molecular formula is C14H13FN2O. The van der Waals surface area contributed by atoms with Gasteiger partial charge in [0.15, 0.2) is 11.6 Å². The molecule has 3 nitrogen and oxygen atoms in total. The smallest absolute Gasteiger partial charge is 0.215 e. The molecule has 0 aliphatic carbocycles. The van der Waals surface area contributed by atoms with Gasteiger partial charge in [-0.2, -0.15) is 9.37 Å². The van der Waals surface area contributed by atoms with Crippen molar-refractivity contribution in [2.45, 2.75) is 13.0 Å². The standard InChI is InChI=1S/C14H13FN2O/c15-13-6-5-12-14(17-13)16-9-11-4-2-1-3-10(11)7-8-18-12/h1-6H,7-9H2,(H,16,17). The van der Waals surface area contributed by atoms with Crippen LogP contribution < -0.4 is 10.1 Å². The third kappa shape index (κ3) is 2.14. The number of aromatic nitrogens is 1. The van der Waals surface area contributed by atoms with Gasteiger partial charge in [-0.05, 0) is 23.3 Å². The van der Waals surface area contributed by atoms with Gasteiger partial charge in [-0.25, -0.2) is 0 Å². The average Bonchev–Trinajstić information content (AvgIpc) is 2.47. The van der Waals surface area contributed by atoms with E-state index < -0.39 is 5.95 Å². The van der Waals surface area contributed by atoms with E-state index in [9.17, 15) is 4.39 Å². The molecule has 1 aliphatic heterocycles. The first kappa shape index (κ1) is 11.0. The summed E-state index contributed by atoms with van der Waals surface area (Å²) in [6.07, 6.45) is 0.842. The Morgan fingerprint density at radius 1 is 1.11 bits per heavy atom. The predicted octanol–water partition coefficient (Wildman–Crippen LogP) is 2.77. The zero-order valence-electron chi connectivity index (χ0n) is 9.82. The maximum atomic E-state index is 13.1. The lowest BCUT2D eigenvalue weighted by Crippen LogP contribution is -2.04. The van der Waals surface area contributed by atoms with Crippen molar-refractivity contribution in [2.24, 2.45) is 0 Å². The molecule has 2 aromatic rings. The summed E-state index contributed by atoms with van der Waals surface area (Å²) in [6, 6.07) is 11.1. The lowest BCUT2D eigenvalue weighted by Gasteiger charge is -2.09. The van der Waals surface area contributed by atoms with E-state index in [1.807, 2.05) is 12.1 Å². The zero-order valence-corrected chi connectivity index (χ0v) is 9.82. The molecular weight excluding hydrogens is 231 g/mol. The van der Waals surface area contributed by atoms with Crippen LogP contribution in [0.3, 0.4) is 0 Å². The Morgan fingerprint density at radius 2 is 1.94 bits per heavy atom. The van der Waals surface area contributed by atoms with Gasteiger partial charge in [-0.15, -0.1) is 0 Å². The Hall–Kier alpha value is -2.10. The van der Waals surface area contributed by atoms with Crippen LogP contribution in [0.5, 0.6) is 5.75 Å². The molecule has 1 aliphatic rings. The highest BCUT2D eigenvalue weighted by Crippen LogP contribution is 2.25. The summed E-state index contributed by atoms with van der Waals surface area (Å²) >= 11 is 0. The molecule has 1 N–H and O–H groups in total. The van der Waals surface area contributed by atoms with Crippen molar-refractivity contribution in [2.75, 3.05) is 11.9 Å². The summed E-state index contributed by atoms with van der Waals surface area (Å²) in [6.45, 7) is 1.20. The summed E-state index contributed by atoms with van der Waals surface area (Å²) in [5.74, 6) is 0.563. The number of fused-ring (bicyclic) bond motifs is 2. The van der Waals surface area contributed by atoms with Crippen LogP contribution in [-0.4, -0.2) is 11.6 Å². The van der Waals surface area contributed by atoms with Crippen LogP contribution in [0.4, 0.5) is 10.2 Å². The number of rotatable bonds is 0. The number of anilines is 1. The molecule has 0 saturated carbocycles. The first-order valence-electron chi connectivity index (χ1n) is 5.93. The first-order valence-corrected chi connectivity index (χ1v) is 5.93. The van der Waals surface area contributed by atoms with Crippen LogP contribution >= 0.6 is 0 Å². The topological polar surface area (TPSA) is 34.2 Å². The normalized spacial score (nSPS) is 14.1. The molecule has 18 heavy (non-hydrogen) atoms. The number of hydrogen-bond acceptors (Lipinski definition) is 3. The third-order valence-corrected chi connectivity index (χ3v) is 3.02. The highest BCUT2D eigenvalue weighted by molar-refractivity contribution is 5.50. The van der Waals surface area contributed by atoms with Crippen molar-refractivity contribution < 1.29 is 9.13 Å². The van der Waals surface area contributed by atoms with E-state index in [4.69, 9.17) is 4.74 Å². The second kappa shape index (κ2) is 4.64. The van der Waals surface area contributed by atoms with Crippen molar-refractivity contribution in [1.29, 1.82) is 0 Å². The number of pyridine rings is 1. The van der Waals surface area contributed by atoms with Crippen LogP contribution in [0.25, 0.3) is 0 Å². The highest BCUT2D eigenvalue weighted by atomic mass is 19.1. The van der Waals surface area contributed by atoms with Crippen molar-refractivity contribution in [3.05, 3.63) is 53.5 Å². The summed E-state index contributed by atoms with van der Waals surface area (Å²) in [7, 11) is 0. The molecule has 92 valence electrons. The molecule has 0 atom stereocenters. The fourth-order valence-corrected chi connectivity index (χ4v) is 2.09. The van der Waals surface area contributed by atoms with Gasteiger partial charge in [0.2, 0.25) is 5.95 Å². The van der Waals surface area contributed by atoms with Crippen molar-refractivity contribution in [1.82, 2.24) is 4.98 Å². The van der Waals surface area contributed by atoms with E-state index in [2.05, 4.69) is 22.4 Å². The molecule has 4 heteroatoms. The fourth-order valence-electron chi connectivity index (χ4n) is 2.09. The third-order valence-electron chi connectivity index (χ3n) is 3.02. The van der Waals surface area contributed by atoms with Crippen LogP contribution in [0, 0.1) is 5.95 Å². The van der Waals surface area contributed by atoms with E-state index in [1.165, 1.54) is 17.2 Å². The monoisotopic (exact) mass is 244 g/mol. The van der Waals surface area contributed by atoms with E-state index in [-0.39, 0.29) is 0 Å². The minimum absolute atomic E-state index is 0.465. The largest absolute Gasteiger partial charge is 0.489 e. The molecule has 1 aromatic heterocycles. The van der Waals surface area contributed by atoms with E-state index >= 15 is 0 Å². The number of nitrogens with zero attached hydrogens (tertiary/aromatic N) is 1. The van der Waals surface area contributed by atoms with Crippen LogP contribution in [0.15, 0.2) is 36.4 Å².